The predicted octanol–water partition coefficient (Wildman–Crippen LogP) is 2.93. The van der Waals surface area contributed by atoms with Crippen molar-refractivity contribution in [2.75, 3.05) is 19.6 Å². The fourth-order valence-electron chi connectivity index (χ4n) is 2.82. The lowest BCUT2D eigenvalue weighted by Gasteiger charge is -2.34. The molecule has 5 heteroatoms. The molecule has 0 spiro atoms. The summed E-state index contributed by atoms with van der Waals surface area (Å²) >= 11 is 3.48. The minimum atomic E-state index is -0.205. The number of likely N-dealkylation sites (N-methyl/N-ethyl adjacent to an activating group) is 1. The molecule has 0 N–H and O–H groups in total. The Morgan fingerprint density at radius 1 is 1.50 bits per heavy atom. The van der Waals surface area contributed by atoms with E-state index in [1.165, 1.54) is 22.1 Å². The molecule has 1 aliphatic rings. The molecular formula is C17H21BrN2O2. The molecule has 1 aromatic carbocycles. The Hall–Kier alpha value is -1.62. The molecule has 0 saturated carbocycles. The van der Waals surface area contributed by atoms with Gasteiger partial charge in [0.2, 0.25) is 11.8 Å². The van der Waals surface area contributed by atoms with Crippen molar-refractivity contribution in [1.29, 1.82) is 0 Å². The Bertz CT molecular complexity index is 600. The van der Waals surface area contributed by atoms with Crippen molar-refractivity contribution in [2.24, 2.45) is 0 Å². The molecule has 1 aromatic rings. The second-order valence-electron chi connectivity index (χ2n) is 5.57. The van der Waals surface area contributed by atoms with E-state index in [9.17, 15) is 9.59 Å². The maximum absolute atomic E-state index is 12.5. The Morgan fingerprint density at radius 3 is 2.86 bits per heavy atom. The largest absolute Gasteiger partial charge is 0.336 e. The SMILES string of the molecule is C=CC(=O)N(CC)CC(=O)N1Cc2cc(Br)ccc2C(C)C1. The first kappa shape index (κ1) is 16.7. The lowest BCUT2D eigenvalue weighted by molar-refractivity contribution is -0.138. The lowest BCUT2D eigenvalue weighted by Crippen LogP contribution is -2.44. The summed E-state index contributed by atoms with van der Waals surface area (Å²) in [4.78, 5) is 27.6. The summed E-state index contributed by atoms with van der Waals surface area (Å²) in [5.41, 5.74) is 2.46. The standard InChI is InChI=1S/C17H21BrN2O2/c1-4-16(21)19(5-2)11-17(22)20-9-12(3)15-7-6-14(18)8-13(15)10-20/h4,6-8,12H,1,5,9-11H2,2-3H3. The molecule has 1 unspecified atom stereocenters. The van der Waals surface area contributed by atoms with Crippen molar-refractivity contribution >= 4 is 27.7 Å². The second kappa shape index (κ2) is 7.09. The van der Waals surface area contributed by atoms with Crippen LogP contribution >= 0.6 is 15.9 Å². The van der Waals surface area contributed by atoms with Gasteiger partial charge in [0.15, 0.2) is 0 Å². The molecule has 0 aliphatic carbocycles. The van der Waals surface area contributed by atoms with E-state index in [1.807, 2.05) is 17.9 Å². The number of rotatable bonds is 4. The maximum atomic E-state index is 12.5. The number of benzene rings is 1. The van der Waals surface area contributed by atoms with Gasteiger partial charge in [-0.05, 0) is 42.2 Å². The Balaban J connectivity index is 2.12. The van der Waals surface area contributed by atoms with E-state index in [-0.39, 0.29) is 18.4 Å². The Kier molecular flexibility index (Phi) is 5.40. The molecule has 0 saturated heterocycles. The van der Waals surface area contributed by atoms with Gasteiger partial charge >= 0.3 is 0 Å². The number of hydrogen-bond acceptors (Lipinski definition) is 2. The van der Waals surface area contributed by atoms with Crippen molar-refractivity contribution in [3.63, 3.8) is 0 Å². The summed E-state index contributed by atoms with van der Waals surface area (Å²) in [5, 5.41) is 0. The van der Waals surface area contributed by atoms with Crippen LogP contribution in [0.5, 0.6) is 0 Å². The van der Waals surface area contributed by atoms with Crippen LogP contribution in [0.15, 0.2) is 35.3 Å². The molecule has 0 bridgehead atoms. The van der Waals surface area contributed by atoms with E-state index in [2.05, 4.69) is 41.6 Å². The Labute approximate surface area is 139 Å². The highest BCUT2D eigenvalue weighted by Gasteiger charge is 2.27. The molecule has 1 aliphatic heterocycles. The minimum Gasteiger partial charge on any atom is -0.336 e. The van der Waals surface area contributed by atoms with Gasteiger partial charge < -0.3 is 9.80 Å². The van der Waals surface area contributed by atoms with Crippen LogP contribution in [0.3, 0.4) is 0 Å². The average Bonchev–Trinajstić information content (AvgIpc) is 2.50. The van der Waals surface area contributed by atoms with Crippen LogP contribution in [0.25, 0.3) is 0 Å². The highest BCUT2D eigenvalue weighted by Crippen LogP contribution is 2.30. The summed E-state index contributed by atoms with van der Waals surface area (Å²) in [6, 6.07) is 6.22. The first-order chi connectivity index (χ1) is 10.5. The van der Waals surface area contributed by atoms with E-state index in [4.69, 9.17) is 0 Å². The van der Waals surface area contributed by atoms with Crippen LogP contribution in [-0.2, 0) is 16.1 Å². The van der Waals surface area contributed by atoms with Gasteiger partial charge in [-0.1, -0.05) is 35.5 Å². The molecule has 0 aromatic heterocycles. The van der Waals surface area contributed by atoms with Crippen LogP contribution in [0.4, 0.5) is 0 Å². The topological polar surface area (TPSA) is 40.6 Å². The molecule has 1 heterocycles. The summed E-state index contributed by atoms with van der Waals surface area (Å²) < 4.78 is 1.02. The third-order valence-corrected chi connectivity index (χ3v) is 4.53. The zero-order valence-corrected chi connectivity index (χ0v) is 14.6. The smallest absolute Gasteiger partial charge is 0.246 e. The van der Waals surface area contributed by atoms with Gasteiger partial charge in [-0.3, -0.25) is 9.59 Å². The van der Waals surface area contributed by atoms with Gasteiger partial charge in [0.1, 0.15) is 6.54 Å². The molecular weight excluding hydrogens is 344 g/mol. The highest BCUT2D eigenvalue weighted by atomic mass is 79.9. The molecule has 1 atom stereocenters. The van der Waals surface area contributed by atoms with Crippen molar-refractivity contribution < 1.29 is 9.59 Å². The molecule has 0 radical (unpaired) electrons. The van der Waals surface area contributed by atoms with E-state index in [0.29, 0.717) is 25.6 Å². The summed E-state index contributed by atoms with van der Waals surface area (Å²) in [6.45, 7) is 9.36. The van der Waals surface area contributed by atoms with E-state index in [1.54, 1.807) is 0 Å². The molecule has 0 fully saturated rings. The fourth-order valence-corrected chi connectivity index (χ4v) is 3.23. The average molecular weight is 365 g/mol. The summed E-state index contributed by atoms with van der Waals surface area (Å²) in [7, 11) is 0. The number of halogens is 1. The fraction of sp³-hybridized carbons (Fsp3) is 0.412. The number of amides is 2. The highest BCUT2D eigenvalue weighted by molar-refractivity contribution is 9.10. The monoisotopic (exact) mass is 364 g/mol. The van der Waals surface area contributed by atoms with Crippen molar-refractivity contribution in [2.45, 2.75) is 26.3 Å². The molecule has 2 amide bonds. The zero-order valence-electron chi connectivity index (χ0n) is 13.0. The number of carbonyl (C=O) groups is 2. The first-order valence-corrected chi connectivity index (χ1v) is 8.23. The van der Waals surface area contributed by atoms with Crippen molar-refractivity contribution in [3.05, 3.63) is 46.5 Å². The van der Waals surface area contributed by atoms with Gasteiger partial charge in [-0.2, -0.15) is 0 Å². The summed E-state index contributed by atoms with van der Waals surface area (Å²) in [5.74, 6) is 0.0737. The van der Waals surface area contributed by atoms with E-state index >= 15 is 0 Å². The van der Waals surface area contributed by atoms with E-state index in [0.717, 1.165) is 4.47 Å². The minimum absolute atomic E-state index is 0.0190. The molecule has 22 heavy (non-hydrogen) atoms. The third kappa shape index (κ3) is 3.58. The van der Waals surface area contributed by atoms with Gasteiger partial charge in [0.25, 0.3) is 0 Å². The number of fused-ring (bicyclic) bond motifs is 1. The number of nitrogens with zero attached hydrogens (tertiary/aromatic N) is 2. The normalized spacial score (nSPS) is 16.9. The van der Waals surface area contributed by atoms with Crippen molar-refractivity contribution in [1.82, 2.24) is 9.80 Å². The second-order valence-corrected chi connectivity index (χ2v) is 6.49. The van der Waals surface area contributed by atoms with Crippen LogP contribution in [0.2, 0.25) is 0 Å². The first-order valence-electron chi connectivity index (χ1n) is 7.43. The molecule has 118 valence electrons. The van der Waals surface area contributed by atoms with Gasteiger partial charge in [-0.25, -0.2) is 0 Å². The zero-order chi connectivity index (χ0) is 16.3. The van der Waals surface area contributed by atoms with E-state index < -0.39 is 0 Å². The molecule has 4 nitrogen and oxygen atoms in total. The third-order valence-electron chi connectivity index (χ3n) is 4.04. The number of hydrogen-bond donors (Lipinski definition) is 0. The van der Waals surface area contributed by atoms with Gasteiger partial charge in [0, 0.05) is 24.1 Å². The lowest BCUT2D eigenvalue weighted by atomic mass is 9.91. The van der Waals surface area contributed by atoms with Crippen LogP contribution < -0.4 is 0 Å². The van der Waals surface area contributed by atoms with Gasteiger partial charge in [0.05, 0.1) is 0 Å². The Morgan fingerprint density at radius 2 is 2.23 bits per heavy atom. The number of carbonyl (C=O) groups excluding carboxylic acids is 2. The van der Waals surface area contributed by atoms with Crippen LogP contribution in [0.1, 0.15) is 30.9 Å². The summed E-state index contributed by atoms with van der Waals surface area (Å²) in [6.07, 6.45) is 1.25. The van der Waals surface area contributed by atoms with Crippen molar-refractivity contribution in [3.8, 4) is 0 Å². The van der Waals surface area contributed by atoms with Gasteiger partial charge in [-0.15, -0.1) is 0 Å². The predicted molar refractivity (Wildman–Crippen MR) is 90.4 cm³/mol. The maximum Gasteiger partial charge on any atom is 0.246 e. The molecule has 2 rings (SSSR count). The van der Waals surface area contributed by atoms with Crippen LogP contribution in [-0.4, -0.2) is 41.2 Å². The quantitative estimate of drug-likeness (QED) is 0.770. The van der Waals surface area contributed by atoms with Crippen LogP contribution in [0, 0.1) is 0 Å².